The molecular weight excluding hydrogens is 306 g/mol. The average Bonchev–Trinajstić information content (AvgIpc) is 2.60. The zero-order valence-electron chi connectivity index (χ0n) is 14.1. The Morgan fingerprint density at radius 2 is 1.91 bits per heavy atom. The van der Waals surface area contributed by atoms with Crippen LogP contribution in [-0.4, -0.2) is 19.3 Å². The third-order valence-electron chi connectivity index (χ3n) is 4.00. The second kappa shape index (κ2) is 8.06. The van der Waals surface area contributed by atoms with Crippen LogP contribution < -0.4 is 10.1 Å². The van der Waals surface area contributed by atoms with Crippen molar-refractivity contribution in [3.63, 3.8) is 0 Å². The molecule has 23 heavy (non-hydrogen) atoms. The zero-order chi connectivity index (χ0) is 16.8. The molecule has 3 nitrogen and oxygen atoms in total. The van der Waals surface area contributed by atoms with Crippen molar-refractivity contribution in [2.24, 2.45) is 0 Å². The molecule has 0 saturated heterocycles. The van der Waals surface area contributed by atoms with Crippen LogP contribution in [-0.2, 0) is 0 Å². The number of benzene rings is 2. The van der Waals surface area contributed by atoms with Gasteiger partial charge in [-0.1, -0.05) is 26.0 Å². The Morgan fingerprint density at radius 1 is 1.22 bits per heavy atom. The summed E-state index contributed by atoms with van der Waals surface area (Å²) < 4.78 is 5.34. The number of methoxy groups -OCH3 is 1. The molecule has 2 aromatic rings. The highest BCUT2D eigenvalue weighted by atomic mass is 32.2. The lowest BCUT2D eigenvalue weighted by molar-refractivity contribution is 0.102. The number of hydrogen-bond donors (Lipinski definition) is 1. The summed E-state index contributed by atoms with van der Waals surface area (Å²) in [6, 6.07) is 13.6. The number of nitrogens with one attached hydrogen (secondary N) is 1. The van der Waals surface area contributed by atoms with Crippen molar-refractivity contribution in [2.45, 2.75) is 31.1 Å². The number of thioether (sulfide) groups is 1. The lowest BCUT2D eigenvalue weighted by atomic mass is 9.98. The molecule has 0 aliphatic carbocycles. The van der Waals surface area contributed by atoms with Gasteiger partial charge >= 0.3 is 0 Å². The van der Waals surface area contributed by atoms with Crippen molar-refractivity contribution in [1.29, 1.82) is 0 Å². The molecule has 0 aliphatic heterocycles. The summed E-state index contributed by atoms with van der Waals surface area (Å²) in [5.41, 5.74) is 2.61. The Bertz CT molecular complexity index is 668. The zero-order valence-corrected chi connectivity index (χ0v) is 14.9. The highest BCUT2D eigenvalue weighted by Crippen LogP contribution is 2.26. The summed E-state index contributed by atoms with van der Waals surface area (Å²) in [5.74, 6) is 0.954. The molecule has 0 aliphatic rings. The van der Waals surface area contributed by atoms with Crippen molar-refractivity contribution >= 4 is 23.4 Å². The summed E-state index contributed by atoms with van der Waals surface area (Å²) in [4.78, 5) is 13.5. The van der Waals surface area contributed by atoms with Gasteiger partial charge in [0.05, 0.1) is 12.7 Å². The molecule has 2 aromatic carbocycles. The topological polar surface area (TPSA) is 38.3 Å². The van der Waals surface area contributed by atoms with E-state index in [9.17, 15) is 4.79 Å². The number of hydrogen-bond acceptors (Lipinski definition) is 3. The van der Waals surface area contributed by atoms with Crippen LogP contribution in [0, 0.1) is 0 Å². The molecule has 1 N–H and O–H groups in total. The maximum absolute atomic E-state index is 12.5. The van der Waals surface area contributed by atoms with Crippen LogP contribution in [0.4, 0.5) is 5.69 Å². The fraction of sp³-hybridized carbons (Fsp3) is 0.316. The van der Waals surface area contributed by atoms with Crippen LogP contribution in [0.15, 0.2) is 47.4 Å². The fourth-order valence-corrected chi connectivity index (χ4v) is 2.74. The van der Waals surface area contributed by atoms with Crippen molar-refractivity contribution < 1.29 is 9.53 Å². The Hall–Kier alpha value is -1.94. The van der Waals surface area contributed by atoms with E-state index in [0.29, 0.717) is 17.2 Å². The first kappa shape index (κ1) is 17.4. The van der Waals surface area contributed by atoms with Gasteiger partial charge in [0.15, 0.2) is 0 Å². The lowest BCUT2D eigenvalue weighted by Crippen LogP contribution is -2.13. The van der Waals surface area contributed by atoms with E-state index in [-0.39, 0.29) is 5.91 Å². The van der Waals surface area contributed by atoms with E-state index >= 15 is 0 Å². The minimum atomic E-state index is -0.161. The van der Waals surface area contributed by atoms with Gasteiger partial charge in [0.1, 0.15) is 5.75 Å². The highest BCUT2D eigenvalue weighted by Gasteiger charge is 2.13. The predicted octanol–water partition coefficient (Wildman–Crippen LogP) is 5.18. The fourth-order valence-electron chi connectivity index (χ4n) is 2.32. The van der Waals surface area contributed by atoms with Crippen LogP contribution in [0.1, 0.15) is 42.1 Å². The van der Waals surface area contributed by atoms with E-state index in [2.05, 4.69) is 31.3 Å². The second-order valence-corrected chi connectivity index (χ2v) is 6.33. The number of anilines is 1. The van der Waals surface area contributed by atoms with Crippen LogP contribution in [0.5, 0.6) is 5.75 Å². The SMILES string of the molecule is CC[C@H](C)c1ccc(NC(=O)c2ccc(SC)cc2OC)cc1. The van der Waals surface area contributed by atoms with Gasteiger partial charge in [0.25, 0.3) is 5.91 Å². The Balaban J connectivity index is 2.15. The van der Waals surface area contributed by atoms with Gasteiger partial charge in [-0.25, -0.2) is 0 Å². The maximum atomic E-state index is 12.5. The third-order valence-corrected chi connectivity index (χ3v) is 4.73. The Morgan fingerprint density at radius 3 is 2.48 bits per heavy atom. The van der Waals surface area contributed by atoms with E-state index in [1.165, 1.54) is 5.56 Å². The average molecular weight is 329 g/mol. The summed E-state index contributed by atoms with van der Waals surface area (Å²) in [7, 11) is 1.58. The van der Waals surface area contributed by atoms with Crippen LogP contribution in [0.25, 0.3) is 0 Å². The van der Waals surface area contributed by atoms with Crippen molar-refractivity contribution in [3.05, 3.63) is 53.6 Å². The van der Waals surface area contributed by atoms with Gasteiger partial charge in [-0.05, 0) is 54.5 Å². The quantitative estimate of drug-likeness (QED) is 0.742. The molecule has 122 valence electrons. The van der Waals surface area contributed by atoms with Crippen molar-refractivity contribution in [1.82, 2.24) is 0 Å². The van der Waals surface area contributed by atoms with Crippen molar-refractivity contribution in [2.75, 3.05) is 18.7 Å². The molecule has 0 bridgehead atoms. The number of carbonyl (C=O) groups excluding carboxylic acids is 1. The molecule has 0 unspecified atom stereocenters. The van der Waals surface area contributed by atoms with E-state index in [1.54, 1.807) is 24.9 Å². The molecule has 1 atom stereocenters. The lowest BCUT2D eigenvalue weighted by Gasteiger charge is -2.12. The number of amides is 1. The molecular formula is C19H23NO2S. The summed E-state index contributed by atoms with van der Waals surface area (Å²) >= 11 is 1.62. The van der Waals surface area contributed by atoms with Gasteiger partial charge in [-0.2, -0.15) is 0 Å². The second-order valence-electron chi connectivity index (χ2n) is 5.45. The van der Waals surface area contributed by atoms with E-state index in [4.69, 9.17) is 4.74 Å². The highest BCUT2D eigenvalue weighted by molar-refractivity contribution is 7.98. The standard InChI is InChI=1S/C19H23NO2S/c1-5-13(2)14-6-8-15(9-7-14)20-19(21)17-11-10-16(23-4)12-18(17)22-3/h6-13H,5H2,1-4H3,(H,20,21)/t13-/m0/s1. The first-order valence-electron chi connectivity index (χ1n) is 7.72. The van der Waals surface area contributed by atoms with E-state index in [1.807, 2.05) is 30.5 Å². The molecule has 0 radical (unpaired) electrons. The summed E-state index contributed by atoms with van der Waals surface area (Å²) in [6.07, 6.45) is 3.10. The molecule has 0 aromatic heterocycles. The van der Waals surface area contributed by atoms with Crippen LogP contribution >= 0.6 is 11.8 Å². The smallest absolute Gasteiger partial charge is 0.259 e. The van der Waals surface area contributed by atoms with Gasteiger partial charge < -0.3 is 10.1 Å². The first-order valence-corrected chi connectivity index (χ1v) is 8.94. The Labute approximate surface area is 142 Å². The minimum absolute atomic E-state index is 0.161. The van der Waals surface area contributed by atoms with Gasteiger partial charge in [0.2, 0.25) is 0 Å². The van der Waals surface area contributed by atoms with Crippen molar-refractivity contribution in [3.8, 4) is 5.75 Å². The first-order chi connectivity index (χ1) is 11.1. The molecule has 0 fully saturated rings. The maximum Gasteiger partial charge on any atom is 0.259 e. The third kappa shape index (κ3) is 4.29. The summed E-state index contributed by atoms with van der Waals surface area (Å²) in [5, 5.41) is 2.93. The van der Waals surface area contributed by atoms with Crippen LogP contribution in [0.3, 0.4) is 0 Å². The molecule has 0 saturated carbocycles. The molecule has 2 rings (SSSR count). The molecule has 1 amide bonds. The molecule has 0 heterocycles. The normalized spacial score (nSPS) is 11.8. The van der Waals surface area contributed by atoms with Gasteiger partial charge in [-0.3, -0.25) is 4.79 Å². The Kier molecular flexibility index (Phi) is 6.11. The summed E-state index contributed by atoms with van der Waals surface area (Å²) in [6.45, 7) is 4.37. The van der Waals surface area contributed by atoms with Gasteiger partial charge in [0, 0.05) is 10.6 Å². The minimum Gasteiger partial charge on any atom is -0.496 e. The van der Waals surface area contributed by atoms with Crippen LogP contribution in [0.2, 0.25) is 0 Å². The monoisotopic (exact) mass is 329 g/mol. The number of carbonyl (C=O) groups is 1. The largest absolute Gasteiger partial charge is 0.496 e. The predicted molar refractivity (Wildman–Crippen MR) is 97.9 cm³/mol. The van der Waals surface area contributed by atoms with E-state index < -0.39 is 0 Å². The molecule has 4 heteroatoms. The number of rotatable bonds is 6. The van der Waals surface area contributed by atoms with E-state index in [0.717, 1.165) is 17.0 Å². The molecule has 0 spiro atoms. The van der Waals surface area contributed by atoms with Gasteiger partial charge in [-0.15, -0.1) is 11.8 Å². The number of ether oxygens (including phenoxy) is 1.